The molecule has 4 heterocycles. The summed E-state index contributed by atoms with van der Waals surface area (Å²) < 4.78 is 6.64. The summed E-state index contributed by atoms with van der Waals surface area (Å²) in [4.78, 5) is 50.8. The van der Waals surface area contributed by atoms with Gasteiger partial charge in [-0.25, -0.2) is 4.98 Å². The number of hydrogen-bond donors (Lipinski definition) is 0. The van der Waals surface area contributed by atoms with Crippen LogP contribution in [0.5, 0.6) is 0 Å². The van der Waals surface area contributed by atoms with Crippen molar-refractivity contribution < 1.29 is 14.3 Å². The molecule has 3 aromatic rings. The summed E-state index contributed by atoms with van der Waals surface area (Å²) in [5.74, 6) is -0.201. The first-order chi connectivity index (χ1) is 17.3. The molecule has 2 amide bonds. The summed E-state index contributed by atoms with van der Waals surface area (Å²) >= 11 is 1.25. The van der Waals surface area contributed by atoms with Gasteiger partial charge >= 0.3 is 0 Å². The van der Waals surface area contributed by atoms with Crippen molar-refractivity contribution in [2.75, 3.05) is 50.8 Å². The first-order valence-corrected chi connectivity index (χ1v) is 13.1. The number of morpholine rings is 1. The van der Waals surface area contributed by atoms with Crippen LogP contribution in [0.2, 0.25) is 0 Å². The van der Waals surface area contributed by atoms with Crippen molar-refractivity contribution in [2.24, 2.45) is 0 Å². The van der Waals surface area contributed by atoms with Crippen LogP contribution < -0.4 is 10.5 Å². The summed E-state index contributed by atoms with van der Waals surface area (Å²) in [6.07, 6.45) is 1.41. The molecule has 0 saturated carbocycles. The number of rotatable bonds is 4. The van der Waals surface area contributed by atoms with E-state index >= 15 is 0 Å². The molecule has 2 aliphatic heterocycles. The number of hydrogen-bond acceptors (Lipinski definition) is 7. The van der Waals surface area contributed by atoms with Gasteiger partial charge in [-0.05, 0) is 38.5 Å². The number of aryl methyl sites for hydroxylation is 2. The van der Waals surface area contributed by atoms with Crippen LogP contribution in [0.15, 0.2) is 35.4 Å². The van der Waals surface area contributed by atoms with Gasteiger partial charge in [0.2, 0.25) is 5.91 Å². The number of aromatic nitrogens is 2. The van der Waals surface area contributed by atoms with Crippen molar-refractivity contribution in [1.82, 2.24) is 19.4 Å². The van der Waals surface area contributed by atoms with Gasteiger partial charge in [0.1, 0.15) is 11.4 Å². The fraction of sp³-hybridized carbons (Fsp3) is 0.462. The Morgan fingerprint density at radius 2 is 1.78 bits per heavy atom. The quantitative estimate of drug-likeness (QED) is 0.536. The molecule has 0 aliphatic carbocycles. The van der Waals surface area contributed by atoms with Crippen molar-refractivity contribution >= 4 is 39.1 Å². The van der Waals surface area contributed by atoms with Crippen molar-refractivity contribution in [1.29, 1.82) is 0 Å². The molecular formula is C26H31N5O4S. The monoisotopic (exact) mass is 509 g/mol. The molecule has 0 spiro atoms. The lowest BCUT2D eigenvalue weighted by Crippen LogP contribution is -2.53. The third-order valence-electron chi connectivity index (χ3n) is 7.06. The van der Waals surface area contributed by atoms with Crippen molar-refractivity contribution in [3.8, 4) is 0 Å². The van der Waals surface area contributed by atoms with E-state index < -0.39 is 0 Å². The maximum absolute atomic E-state index is 13.5. The van der Waals surface area contributed by atoms with Crippen LogP contribution in [-0.4, -0.2) is 83.1 Å². The number of benzene rings is 1. The van der Waals surface area contributed by atoms with Gasteiger partial charge in [0.25, 0.3) is 11.5 Å². The Kier molecular flexibility index (Phi) is 6.81. The van der Waals surface area contributed by atoms with E-state index in [0.29, 0.717) is 60.1 Å². The van der Waals surface area contributed by atoms with E-state index in [1.54, 1.807) is 11.8 Å². The van der Waals surface area contributed by atoms with E-state index in [1.807, 2.05) is 4.90 Å². The summed E-state index contributed by atoms with van der Waals surface area (Å²) in [5.41, 5.74) is 2.74. The zero-order valence-electron chi connectivity index (χ0n) is 20.9. The molecule has 0 unspecified atom stereocenters. The summed E-state index contributed by atoms with van der Waals surface area (Å²) in [7, 11) is 0. The highest BCUT2D eigenvalue weighted by atomic mass is 32.1. The number of fused-ring (bicyclic) bond motifs is 1. The fourth-order valence-electron chi connectivity index (χ4n) is 4.94. The Hall–Kier alpha value is -3.24. The molecular weight excluding hydrogens is 478 g/mol. The van der Waals surface area contributed by atoms with Gasteiger partial charge in [-0.2, -0.15) is 0 Å². The third kappa shape index (κ3) is 4.62. The Labute approximate surface area is 213 Å². The number of piperazine rings is 1. The lowest BCUT2D eigenvalue weighted by atomic mass is 10.1. The maximum Gasteiger partial charge on any atom is 0.264 e. The average Bonchev–Trinajstić information content (AvgIpc) is 3.23. The standard InChI is InChI=1S/C26H31N5O4S/c1-17-4-6-20(7-5-17)31-9-8-29(14-18(31)2)26(34)23-19(3)22-24(36-23)27-16-30(25(22)33)15-21(32)28-10-12-35-13-11-28/h4-7,16,18H,8-15H2,1-3H3/t18-/m1/s1. The Bertz CT molecular complexity index is 1340. The molecule has 2 fully saturated rings. The van der Waals surface area contributed by atoms with Gasteiger partial charge in [-0.15, -0.1) is 11.3 Å². The number of amides is 2. The number of carbonyl (C=O) groups excluding carboxylic acids is 2. The molecule has 190 valence electrons. The molecule has 2 saturated heterocycles. The zero-order valence-corrected chi connectivity index (χ0v) is 21.7. The molecule has 1 atom stereocenters. The number of ether oxygens (including phenoxy) is 1. The highest BCUT2D eigenvalue weighted by molar-refractivity contribution is 7.20. The van der Waals surface area contributed by atoms with E-state index in [0.717, 1.165) is 12.2 Å². The minimum atomic E-state index is -0.285. The number of carbonyl (C=O) groups is 2. The Morgan fingerprint density at radius 3 is 2.47 bits per heavy atom. The van der Waals surface area contributed by atoms with E-state index in [2.05, 4.69) is 48.0 Å². The molecule has 2 aliphatic rings. The molecule has 36 heavy (non-hydrogen) atoms. The topological polar surface area (TPSA) is 88.0 Å². The largest absolute Gasteiger partial charge is 0.378 e. The van der Waals surface area contributed by atoms with E-state index in [4.69, 9.17) is 4.74 Å². The highest BCUT2D eigenvalue weighted by Crippen LogP contribution is 2.29. The van der Waals surface area contributed by atoms with Crippen LogP contribution in [0.1, 0.15) is 27.7 Å². The molecule has 2 aromatic heterocycles. The van der Waals surface area contributed by atoms with Crippen LogP contribution >= 0.6 is 11.3 Å². The zero-order chi connectivity index (χ0) is 25.4. The normalized spacial score (nSPS) is 18.6. The predicted octanol–water partition coefficient (Wildman–Crippen LogP) is 2.28. The van der Waals surface area contributed by atoms with E-state index in [9.17, 15) is 14.4 Å². The molecule has 0 bridgehead atoms. The second kappa shape index (κ2) is 10.0. The van der Waals surface area contributed by atoms with Crippen LogP contribution in [0, 0.1) is 13.8 Å². The van der Waals surface area contributed by atoms with Crippen molar-refractivity contribution in [3.05, 3.63) is 57.0 Å². The fourth-order valence-corrected chi connectivity index (χ4v) is 6.05. The Morgan fingerprint density at radius 1 is 1.06 bits per heavy atom. The van der Waals surface area contributed by atoms with E-state index in [-0.39, 0.29) is 30.0 Å². The minimum absolute atomic E-state index is 0.0683. The summed E-state index contributed by atoms with van der Waals surface area (Å²) in [5, 5.41) is 0.423. The van der Waals surface area contributed by atoms with Crippen LogP contribution in [-0.2, 0) is 16.1 Å². The predicted molar refractivity (Wildman–Crippen MR) is 140 cm³/mol. The number of nitrogens with zero attached hydrogens (tertiary/aromatic N) is 5. The molecule has 5 rings (SSSR count). The molecule has 0 radical (unpaired) electrons. The molecule has 0 N–H and O–H groups in total. The molecule has 9 nitrogen and oxygen atoms in total. The summed E-state index contributed by atoms with van der Waals surface area (Å²) in [6.45, 7) is 9.94. The van der Waals surface area contributed by atoms with Crippen molar-refractivity contribution in [3.63, 3.8) is 0 Å². The van der Waals surface area contributed by atoms with Crippen LogP contribution in [0.3, 0.4) is 0 Å². The second-order valence-corrected chi connectivity index (χ2v) is 10.5. The average molecular weight is 510 g/mol. The van der Waals surface area contributed by atoms with Crippen LogP contribution in [0.25, 0.3) is 10.2 Å². The highest BCUT2D eigenvalue weighted by Gasteiger charge is 2.30. The van der Waals surface area contributed by atoms with Gasteiger partial charge in [0.15, 0.2) is 0 Å². The van der Waals surface area contributed by atoms with Gasteiger partial charge in [0, 0.05) is 44.5 Å². The Balaban J connectivity index is 1.34. The SMILES string of the molecule is Cc1ccc(N2CCN(C(=O)c3sc4ncn(CC(=O)N5CCOCC5)c(=O)c4c3C)C[C@H]2C)cc1. The van der Waals surface area contributed by atoms with Crippen molar-refractivity contribution in [2.45, 2.75) is 33.4 Å². The molecule has 10 heteroatoms. The minimum Gasteiger partial charge on any atom is -0.378 e. The van der Waals surface area contributed by atoms with Gasteiger partial charge in [-0.1, -0.05) is 17.7 Å². The van der Waals surface area contributed by atoms with Gasteiger partial charge < -0.3 is 19.4 Å². The lowest BCUT2D eigenvalue weighted by Gasteiger charge is -2.41. The lowest BCUT2D eigenvalue weighted by molar-refractivity contribution is -0.135. The van der Waals surface area contributed by atoms with Crippen LogP contribution in [0.4, 0.5) is 5.69 Å². The smallest absolute Gasteiger partial charge is 0.264 e. The first-order valence-electron chi connectivity index (χ1n) is 12.3. The third-order valence-corrected chi connectivity index (χ3v) is 8.25. The summed E-state index contributed by atoms with van der Waals surface area (Å²) in [6, 6.07) is 8.63. The van der Waals surface area contributed by atoms with Gasteiger partial charge in [-0.3, -0.25) is 19.0 Å². The second-order valence-electron chi connectivity index (χ2n) is 9.54. The molecule has 1 aromatic carbocycles. The number of thiophene rings is 1. The number of anilines is 1. The first kappa shape index (κ1) is 24.5. The van der Waals surface area contributed by atoms with E-state index in [1.165, 1.54) is 27.8 Å². The maximum atomic E-state index is 13.5. The van der Waals surface area contributed by atoms with Gasteiger partial charge in [0.05, 0.1) is 29.8 Å².